The van der Waals surface area contributed by atoms with E-state index < -0.39 is 46.8 Å². The van der Waals surface area contributed by atoms with Crippen molar-refractivity contribution in [3.63, 3.8) is 0 Å². The standard InChI is InChI=1S/C26H19Cl2N3O6/c27-13-4-5-17(20(28)9-13)24(33)29(11-21(32)12-2-1-3-14(8-12)31(36)37)30-25(34)22-15-6-7-16(19-10-18(15)19)23(22)26(30)35/h1-9,15-16,18-19,22-23H,10-11H2/t15-,16-,18-,19+,22+,23+/m1/s1. The minimum Gasteiger partial charge on any atom is -0.292 e. The van der Waals surface area contributed by atoms with Gasteiger partial charge in [-0.25, -0.2) is 5.01 Å². The molecule has 2 aromatic rings. The molecule has 2 aromatic carbocycles. The van der Waals surface area contributed by atoms with Crippen LogP contribution < -0.4 is 0 Å². The Morgan fingerprint density at radius 1 is 1.00 bits per heavy atom. The van der Waals surface area contributed by atoms with Crippen molar-refractivity contribution in [2.75, 3.05) is 6.54 Å². The van der Waals surface area contributed by atoms with Gasteiger partial charge in [-0.2, -0.15) is 5.01 Å². The summed E-state index contributed by atoms with van der Waals surface area (Å²) in [5.41, 5.74) is -0.378. The fraction of sp³-hybridized carbons (Fsp3) is 0.308. The van der Waals surface area contributed by atoms with Crippen molar-refractivity contribution in [2.45, 2.75) is 6.42 Å². The quantitative estimate of drug-likeness (QED) is 0.178. The summed E-state index contributed by atoms with van der Waals surface area (Å²) >= 11 is 12.2. The second-order valence-electron chi connectivity index (χ2n) is 9.86. The summed E-state index contributed by atoms with van der Waals surface area (Å²) in [6.07, 6.45) is 4.99. The average molecular weight is 540 g/mol. The van der Waals surface area contributed by atoms with E-state index in [2.05, 4.69) is 0 Å². The topological polar surface area (TPSA) is 118 Å². The molecule has 0 radical (unpaired) electrons. The number of hydrogen-bond acceptors (Lipinski definition) is 6. The molecule has 3 amide bonds. The summed E-state index contributed by atoms with van der Waals surface area (Å²) in [5.74, 6) is -3.17. The van der Waals surface area contributed by atoms with E-state index in [0.29, 0.717) is 11.8 Å². The summed E-state index contributed by atoms with van der Waals surface area (Å²) in [6.45, 7) is -0.689. The van der Waals surface area contributed by atoms with Crippen LogP contribution in [0.3, 0.4) is 0 Å². The van der Waals surface area contributed by atoms with Crippen molar-refractivity contribution in [2.24, 2.45) is 35.5 Å². The molecule has 3 fully saturated rings. The smallest absolute Gasteiger partial charge is 0.274 e. The lowest BCUT2D eigenvalue weighted by atomic mass is 9.63. The summed E-state index contributed by atoms with van der Waals surface area (Å²) in [4.78, 5) is 65.0. The second kappa shape index (κ2) is 8.49. The molecule has 1 heterocycles. The van der Waals surface area contributed by atoms with Gasteiger partial charge in [-0.3, -0.25) is 29.3 Å². The number of allylic oxidation sites excluding steroid dienone is 2. The molecule has 1 saturated heterocycles. The van der Waals surface area contributed by atoms with Crippen LogP contribution in [0.1, 0.15) is 27.1 Å². The van der Waals surface area contributed by atoms with Gasteiger partial charge in [0.1, 0.15) is 6.54 Å². The number of nitrogens with zero attached hydrogens (tertiary/aromatic N) is 3. The van der Waals surface area contributed by atoms with Gasteiger partial charge in [-0.1, -0.05) is 47.5 Å². The fourth-order valence-corrected chi connectivity index (χ4v) is 6.72. The molecule has 1 aliphatic heterocycles. The van der Waals surface area contributed by atoms with Crippen molar-refractivity contribution in [1.29, 1.82) is 0 Å². The molecule has 37 heavy (non-hydrogen) atoms. The first-order chi connectivity index (χ1) is 17.7. The van der Waals surface area contributed by atoms with Crippen LogP contribution in [-0.4, -0.2) is 45.0 Å². The highest BCUT2D eigenvalue weighted by Gasteiger charge is 2.68. The molecule has 11 heteroatoms. The van der Waals surface area contributed by atoms with Crippen LogP contribution >= 0.6 is 23.2 Å². The normalized spacial score (nSPS) is 28.6. The monoisotopic (exact) mass is 539 g/mol. The third-order valence-corrected chi connectivity index (χ3v) is 8.50. The molecule has 6 atom stereocenters. The predicted octanol–water partition coefficient (Wildman–Crippen LogP) is 4.19. The van der Waals surface area contributed by atoms with E-state index in [4.69, 9.17) is 23.2 Å². The van der Waals surface area contributed by atoms with Crippen molar-refractivity contribution in [3.8, 4) is 0 Å². The van der Waals surface area contributed by atoms with Crippen LogP contribution in [0.25, 0.3) is 0 Å². The summed E-state index contributed by atoms with van der Waals surface area (Å²) in [7, 11) is 0. The van der Waals surface area contributed by atoms with Crippen LogP contribution in [0.4, 0.5) is 5.69 Å². The molecular weight excluding hydrogens is 521 g/mol. The van der Waals surface area contributed by atoms with Gasteiger partial charge in [-0.15, -0.1) is 0 Å². The average Bonchev–Trinajstić information content (AvgIpc) is 3.66. The number of amides is 3. The largest absolute Gasteiger partial charge is 0.292 e. The van der Waals surface area contributed by atoms with E-state index in [1.165, 1.54) is 36.4 Å². The van der Waals surface area contributed by atoms with E-state index in [9.17, 15) is 29.3 Å². The zero-order valence-corrected chi connectivity index (χ0v) is 20.6. The van der Waals surface area contributed by atoms with E-state index in [1.54, 1.807) is 0 Å². The fourth-order valence-electron chi connectivity index (χ4n) is 6.23. The highest BCUT2D eigenvalue weighted by atomic mass is 35.5. The minimum atomic E-state index is -0.828. The molecule has 2 bridgehead atoms. The van der Waals surface area contributed by atoms with E-state index in [1.807, 2.05) is 12.2 Å². The maximum Gasteiger partial charge on any atom is 0.274 e. The van der Waals surface area contributed by atoms with Gasteiger partial charge in [0.2, 0.25) is 0 Å². The summed E-state index contributed by atoms with van der Waals surface area (Å²) in [5, 5.41) is 13.1. The highest BCUT2D eigenvalue weighted by Crippen LogP contribution is 2.65. The van der Waals surface area contributed by atoms with Crippen LogP contribution in [0.2, 0.25) is 10.0 Å². The molecule has 2 saturated carbocycles. The number of halogens is 2. The lowest BCUT2D eigenvalue weighted by Gasteiger charge is -2.37. The molecule has 0 spiro atoms. The Bertz CT molecular complexity index is 1410. The Kier molecular flexibility index (Phi) is 5.47. The number of ketones is 1. The maximum absolute atomic E-state index is 13.7. The van der Waals surface area contributed by atoms with Crippen molar-refractivity contribution >= 4 is 52.4 Å². The SMILES string of the molecule is O=C(CN(C(=O)c1ccc(Cl)cc1Cl)N1C(=O)[C@H]2[C@@H]3C=C[C@H]([C@@H]4C[C@H]34)[C@@H]2C1=O)c1cccc([N+](=O)[O-])c1. The zero-order valence-electron chi connectivity index (χ0n) is 19.1. The molecular formula is C26H19Cl2N3O6. The number of nitro benzene ring substituents is 1. The highest BCUT2D eigenvalue weighted by molar-refractivity contribution is 6.36. The van der Waals surface area contributed by atoms with Gasteiger partial charge in [0, 0.05) is 22.7 Å². The molecule has 9 nitrogen and oxygen atoms in total. The van der Waals surface area contributed by atoms with Crippen LogP contribution in [0, 0.1) is 45.6 Å². The van der Waals surface area contributed by atoms with Crippen LogP contribution in [0.5, 0.6) is 0 Å². The Hall–Kier alpha value is -3.56. The Morgan fingerprint density at radius 3 is 2.24 bits per heavy atom. The zero-order chi connectivity index (χ0) is 26.2. The third-order valence-electron chi connectivity index (χ3n) is 7.95. The number of non-ortho nitro benzene ring substituents is 1. The van der Waals surface area contributed by atoms with Gasteiger partial charge in [0.25, 0.3) is 23.4 Å². The van der Waals surface area contributed by atoms with Gasteiger partial charge >= 0.3 is 0 Å². The van der Waals surface area contributed by atoms with Gasteiger partial charge in [0.15, 0.2) is 5.78 Å². The Labute approximate surface area is 220 Å². The van der Waals surface area contributed by atoms with Gasteiger partial charge < -0.3 is 0 Å². The molecule has 4 aliphatic carbocycles. The number of hydrogen-bond donors (Lipinski definition) is 0. The lowest BCUT2D eigenvalue weighted by molar-refractivity contribution is -0.384. The lowest BCUT2D eigenvalue weighted by Crippen LogP contribution is -2.52. The number of hydrazine groups is 1. The number of benzene rings is 2. The molecule has 0 N–H and O–H groups in total. The first-order valence-corrected chi connectivity index (χ1v) is 12.5. The minimum absolute atomic E-state index is 0.00945. The van der Waals surface area contributed by atoms with Gasteiger partial charge in [-0.05, 0) is 48.3 Å². The van der Waals surface area contributed by atoms with Crippen LogP contribution in [0.15, 0.2) is 54.6 Å². The molecule has 7 rings (SSSR count). The first kappa shape index (κ1) is 23.8. The van der Waals surface area contributed by atoms with E-state index >= 15 is 0 Å². The second-order valence-corrected chi connectivity index (χ2v) is 10.7. The van der Waals surface area contributed by atoms with Crippen LogP contribution in [-0.2, 0) is 9.59 Å². The van der Waals surface area contributed by atoms with Crippen molar-refractivity contribution in [1.82, 2.24) is 10.0 Å². The molecule has 5 aliphatic rings. The molecule has 0 aromatic heterocycles. The van der Waals surface area contributed by atoms with E-state index in [0.717, 1.165) is 22.5 Å². The Balaban J connectivity index is 1.38. The number of Topliss-reactive ketones (excluding diaryl/α,β-unsaturated/α-hetero) is 1. The summed E-state index contributed by atoms with van der Waals surface area (Å²) < 4.78 is 0. The molecule has 188 valence electrons. The number of carbonyl (C=O) groups is 4. The molecule has 0 unspecified atom stereocenters. The first-order valence-electron chi connectivity index (χ1n) is 11.8. The summed E-state index contributed by atoms with van der Waals surface area (Å²) in [6, 6.07) is 9.19. The number of rotatable bonds is 6. The third kappa shape index (κ3) is 3.67. The van der Waals surface area contributed by atoms with E-state index in [-0.39, 0.29) is 38.7 Å². The maximum atomic E-state index is 13.7. The number of nitro groups is 1. The van der Waals surface area contributed by atoms with Crippen molar-refractivity contribution in [3.05, 3.63) is 85.9 Å². The van der Waals surface area contributed by atoms with Crippen molar-refractivity contribution < 1.29 is 24.1 Å². The predicted molar refractivity (Wildman–Crippen MR) is 131 cm³/mol. The Morgan fingerprint density at radius 2 is 1.65 bits per heavy atom. The number of carbonyl (C=O) groups excluding carboxylic acids is 4. The number of imide groups is 1. The van der Waals surface area contributed by atoms with Gasteiger partial charge in [0.05, 0.1) is 27.3 Å².